The van der Waals surface area contributed by atoms with Crippen molar-refractivity contribution in [3.63, 3.8) is 0 Å². The van der Waals surface area contributed by atoms with Crippen molar-refractivity contribution in [3.8, 4) is 0 Å². The van der Waals surface area contributed by atoms with E-state index in [2.05, 4.69) is 10.4 Å². The van der Waals surface area contributed by atoms with Crippen molar-refractivity contribution in [2.24, 2.45) is 7.05 Å². The number of nitrogens with one attached hydrogen (secondary N) is 2. The number of esters is 1. The first kappa shape index (κ1) is 20.9. The van der Waals surface area contributed by atoms with Gasteiger partial charge in [0.2, 0.25) is 5.91 Å². The number of amides is 2. The molecule has 11 heteroatoms. The lowest BCUT2D eigenvalue weighted by Gasteiger charge is -2.08. The van der Waals surface area contributed by atoms with Gasteiger partial charge in [0, 0.05) is 13.2 Å². The molecule has 150 valence electrons. The molecule has 2 amide bonds. The van der Waals surface area contributed by atoms with E-state index in [1.54, 1.807) is 24.3 Å². The molecule has 2 aromatic rings. The largest absolute Gasteiger partial charge is 0.460 e. The normalized spacial score (nSPS) is 11.0. The summed E-state index contributed by atoms with van der Waals surface area (Å²) in [7, 11) is 1.24. The van der Waals surface area contributed by atoms with E-state index < -0.39 is 48.3 Å². The molecular weight excluding hydrogens is 381 g/mol. The number of benzene rings is 1. The summed E-state index contributed by atoms with van der Waals surface area (Å²) in [6, 6.07) is 8.88. The van der Waals surface area contributed by atoms with Crippen molar-refractivity contribution in [2.75, 3.05) is 13.1 Å². The molecule has 0 saturated carbocycles. The molecule has 8 nitrogen and oxygen atoms in total. The highest BCUT2D eigenvalue weighted by Crippen LogP contribution is 2.30. The molecule has 0 bridgehead atoms. The van der Waals surface area contributed by atoms with Gasteiger partial charge in [0.1, 0.15) is 13.2 Å². The molecule has 1 aromatic heterocycles. The number of ether oxygens (including phenoxy) is 1. The van der Waals surface area contributed by atoms with Gasteiger partial charge in [-0.15, -0.1) is 0 Å². The Bertz CT molecular complexity index is 850. The summed E-state index contributed by atoms with van der Waals surface area (Å²) >= 11 is 0. The Kier molecular flexibility index (Phi) is 6.74. The molecule has 0 unspecified atom stereocenters. The van der Waals surface area contributed by atoms with Gasteiger partial charge in [-0.1, -0.05) is 30.3 Å². The van der Waals surface area contributed by atoms with Crippen LogP contribution in [0.25, 0.3) is 0 Å². The number of nitrogens with zero attached hydrogens (tertiary/aromatic N) is 2. The first-order valence-electron chi connectivity index (χ1n) is 8.02. The highest BCUT2D eigenvalue weighted by Gasteiger charge is 2.38. The molecule has 0 saturated heterocycles. The van der Waals surface area contributed by atoms with Crippen LogP contribution < -0.4 is 10.6 Å². The molecule has 1 aromatic carbocycles. The molecule has 0 radical (unpaired) electrons. The summed E-state index contributed by atoms with van der Waals surface area (Å²) < 4.78 is 44.3. The van der Waals surface area contributed by atoms with Crippen molar-refractivity contribution in [1.29, 1.82) is 0 Å². The maximum atomic E-state index is 12.8. The zero-order valence-corrected chi connectivity index (χ0v) is 14.7. The molecule has 0 aliphatic rings. The molecule has 28 heavy (non-hydrogen) atoms. The predicted molar refractivity (Wildman–Crippen MR) is 89.8 cm³/mol. The summed E-state index contributed by atoms with van der Waals surface area (Å²) in [5.41, 5.74) is -1.28. The van der Waals surface area contributed by atoms with Gasteiger partial charge < -0.3 is 15.4 Å². The fourth-order valence-corrected chi connectivity index (χ4v) is 2.14. The molecule has 0 atom stereocenters. The quantitative estimate of drug-likeness (QED) is 0.679. The van der Waals surface area contributed by atoms with Crippen LogP contribution in [0.15, 0.2) is 36.5 Å². The van der Waals surface area contributed by atoms with E-state index in [0.717, 1.165) is 16.4 Å². The van der Waals surface area contributed by atoms with Crippen LogP contribution >= 0.6 is 0 Å². The van der Waals surface area contributed by atoms with E-state index in [0.29, 0.717) is 0 Å². The number of aromatic nitrogens is 2. The summed E-state index contributed by atoms with van der Waals surface area (Å²) in [6.07, 6.45) is -3.91. The fourth-order valence-electron chi connectivity index (χ4n) is 2.14. The summed E-state index contributed by atoms with van der Waals surface area (Å²) in [4.78, 5) is 35.1. The Labute approximate surface area is 157 Å². The van der Waals surface area contributed by atoms with Crippen molar-refractivity contribution >= 4 is 17.8 Å². The number of carbonyl (C=O) groups is 3. The highest BCUT2D eigenvalue weighted by atomic mass is 19.4. The minimum Gasteiger partial charge on any atom is -0.460 e. The SMILES string of the molecule is Cn1cc(C(=O)NCC(=O)NCC(=O)OCc2ccccc2)c(C(F)(F)F)n1. The molecule has 2 N–H and O–H groups in total. The molecule has 0 aliphatic heterocycles. The van der Waals surface area contributed by atoms with Crippen LogP contribution in [-0.2, 0) is 34.2 Å². The number of carbonyl (C=O) groups excluding carboxylic acids is 3. The van der Waals surface area contributed by atoms with Crippen LogP contribution in [-0.4, -0.2) is 40.7 Å². The van der Waals surface area contributed by atoms with Crippen molar-refractivity contribution < 1.29 is 32.3 Å². The zero-order valence-electron chi connectivity index (χ0n) is 14.7. The van der Waals surface area contributed by atoms with Gasteiger partial charge in [-0.25, -0.2) is 0 Å². The minimum atomic E-state index is -4.81. The minimum absolute atomic E-state index is 0.0352. The van der Waals surface area contributed by atoms with Crippen LogP contribution in [0.5, 0.6) is 0 Å². The van der Waals surface area contributed by atoms with E-state index in [1.165, 1.54) is 7.05 Å². The first-order valence-corrected chi connectivity index (χ1v) is 8.02. The lowest BCUT2D eigenvalue weighted by Crippen LogP contribution is -2.39. The third kappa shape index (κ3) is 6.11. The lowest BCUT2D eigenvalue weighted by molar-refractivity contribution is -0.145. The number of rotatable bonds is 7. The zero-order chi connectivity index (χ0) is 20.7. The Hall–Kier alpha value is -3.37. The Morgan fingerprint density at radius 3 is 2.43 bits per heavy atom. The van der Waals surface area contributed by atoms with Gasteiger partial charge in [-0.3, -0.25) is 19.1 Å². The first-order chi connectivity index (χ1) is 13.2. The third-order valence-corrected chi connectivity index (χ3v) is 3.42. The maximum Gasteiger partial charge on any atom is 0.435 e. The monoisotopic (exact) mass is 398 g/mol. The van der Waals surface area contributed by atoms with Gasteiger partial charge in [0.05, 0.1) is 12.1 Å². The molecule has 2 rings (SSSR count). The number of hydrogen-bond acceptors (Lipinski definition) is 5. The smallest absolute Gasteiger partial charge is 0.435 e. The molecular formula is C17H17F3N4O4. The van der Waals surface area contributed by atoms with Crippen molar-refractivity contribution in [1.82, 2.24) is 20.4 Å². The van der Waals surface area contributed by atoms with Gasteiger partial charge in [-0.05, 0) is 5.56 Å². The number of alkyl halides is 3. The average molecular weight is 398 g/mol. The van der Waals surface area contributed by atoms with Crippen LogP contribution in [0.4, 0.5) is 13.2 Å². The second-order valence-corrected chi connectivity index (χ2v) is 5.67. The van der Waals surface area contributed by atoms with Crippen LogP contribution in [0.1, 0.15) is 21.6 Å². The molecule has 0 spiro atoms. The van der Waals surface area contributed by atoms with Crippen LogP contribution in [0, 0.1) is 0 Å². The fraction of sp³-hybridized carbons (Fsp3) is 0.294. The Morgan fingerprint density at radius 2 is 1.79 bits per heavy atom. The van der Waals surface area contributed by atoms with Crippen LogP contribution in [0.2, 0.25) is 0 Å². The van der Waals surface area contributed by atoms with E-state index in [9.17, 15) is 27.6 Å². The van der Waals surface area contributed by atoms with Gasteiger partial charge in [0.25, 0.3) is 5.91 Å². The number of hydrogen-bond donors (Lipinski definition) is 2. The van der Waals surface area contributed by atoms with E-state index in [1.807, 2.05) is 11.4 Å². The predicted octanol–water partition coefficient (Wildman–Crippen LogP) is 1.03. The van der Waals surface area contributed by atoms with Crippen molar-refractivity contribution in [2.45, 2.75) is 12.8 Å². The molecule has 0 aliphatic carbocycles. The summed E-state index contributed by atoms with van der Waals surface area (Å²) in [6.45, 7) is -1.02. The summed E-state index contributed by atoms with van der Waals surface area (Å²) in [5, 5.41) is 7.46. The van der Waals surface area contributed by atoms with Gasteiger partial charge in [-0.2, -0.15) is 18.3 Å². The topological polar surface area (TPSA) is 102 Å². The third-order valence-electron chi connectivity index (χ3n) is 3.42. The maximum absolute atomic E-state index is 12.8. The van der Waals surface area contributed by atoms with Gasteiger partial charge in [0.15, 0.2) is 5.69 Å². The van der Waals surface area contributed by atoms with E-state index in [4.69, 9.17) is 4.74 Å². The van der Waals surface area contributed by atoms with Gasteiger partial charge >= 0.3 is 12.1 Å². The van der Waals surface area contributed by atoms with Crippen molar-refractivity contribution in [3.05, 3.63) is 53.3 Å². The standard InChI is InChI=1S/C17H17F3N4O4/c1-24-9-12(15(23-24)17(18,19)20)16(27)22-7-13(25)21-8-14(26)28-10-11-5-3-2-4-6-11/h2-6,9H,7-8,10H2,1H3,(H,21,25)(H,22,27). The Balaban J connectivity index is 1.76. The van der Waals surface area contributed by atoms with Crippen LogP contribution in [0.3, 0.4) is 0 Å². The summed E-state index contributed by atoms with van der Waals surface area (Å²) in [5.74, 6) is -2.57. The average Bonchev–Trinajstić information content (AvgIpc) is 3.06. The second kappa shape index (κ2) is 9.02. The van der Waals surface area contributed by atoms with E-state index in [-0.39, 0.29) is 6.61 Å². The number of halogens is 3. The second-order valence-electron chi connectivity index (χ2n) is 5.67. The lowest BCUT2D eigenvalue weighted by atomic mass is 10.2. The number of aryl methyl sites for hydroxylation is 1. The van der Waals surface area contributed by atoms with E-state index >= 15 is 0 Å². The Morgan fingerprint density at radius 1 is 1.11 bits per heavy atom. The highest BCUT2D eigenvalue weighted by molar-refractivity contribution is 5.97. The molecule has 0 fully saturated rings. The molecule has 1 heterocycles.